The van der Waals surface area contributed by atoms with Crippen LogP contribution in [0.1, 0.15) is 32.7 Å². The molecule has 0 bridgehead atoms. The highest BCUT2D eigenvalue weighted by Crippen LogP contribution is 2.40. The van der Waals surface area contributed by atoms with Crippen LogP contribution in [0.2, 0.25) is 0 Å². The minimum absolute atomic E-state index is 0.0190. The van der Waals surface area contributed by atoms with Crippen molar-refractivity contribution in [1.82, 2.24) is 25.4 Å². The van der Waals surface area contributed by atoms with Gasteiger partial charge in [-0.2, -0.15) is 0 Å². The van der Waals surface area contributed by atoms with Crippen molar-refractivity contribution in [3.63, 3.8) is 0 Å². The largest absolute Gasteiger partial charge is 0.378 e. The first-order valence-electron chi connectivity index (χ1n) is 8.55. The zero-order valence-corrected chi connectivity index (χ0v) is 15.3. The first kappa shape index (κ1) is 18.0. The summed E-state index contributed by atoms with van der Waals surface area (Å²) in [7, 11) is 0. The van der Waals surface area contributed by atoms with Gasteiger partial charge in [-0.05, 0) is 26.7 Å². The molecule has 2 fully saturated rings. The van der Waals surface area contributed by atoms with Gasteiger partial charge in [0.25, 0.3) is 0 Å². The van der Waals surface area contributed by atoms with Crippen LogP contribution in [0.15, 0.2) is 5.16 Å². The molecular weight excluding hydrogens is 344 g/mol. The van der Waals surface area contributed by atoms with Crippen LogP contribution in [0.25, 0.3) is 0 Å². The van der Waals surface area contributed by atoms with Gasteiger partial charge in [0.05, 0.1) is 19.0 Å². The van der Waals surface area contributed by atoms with Crippen LogP contribution in [-0.4, -0.2) is 64.8 Å². The number of nitrogens with one attached hydrogen (secondary N) is 2. The fourth-order valence-corrected chi connectivity index (χ4v) is 3.39. The van der Waals surface area contributed by atoms with Crippen molar-refractivity contribution in [2.75, 3.05) is 37.0 Å². The van der Waals surface area contributed by atoms with Gasteiger partial charge in [-0.15, -0.1) is 10.2 Å². The highest BCUT2D eigenvalue weighted by Gasteiger charge is 2.32. The van der Waals surface area contributed by atoms with Crippen molar-refractivity contribution in [3.05, 3.63) is 0 Å². The Morgan fingerprint density at radius 1 is 1.28 bits per heavy atom. The minimum Gasteiger partial charge on any atom is -0.378 e. The Balaban J connectivity index is 1.60. The van der Waals surface area contributed by atoms with Crippen LogP contribution < -0.4 is 15.5 Å². The second kappa shape index (κ2) is 8.05. The summed E-state index contributed by atoms with van der Waals surface area (Å²) in [6, 6.07) is -0.0876. The van der Waals surface area contributed by atoms with Crippen molar-refractivity contribution in [2.45, 2.75) is 43.9 Å². The average molecular weight is 368 g/mol. The molecule has 0 atom stereocenters. The molecule has 0 aromatic carbocycles. The Labute approximate surface area is 150 Å². The van der Waals surface area contributed by atoms with Crippen molar-refractivity contribution < 1.29 is 14.3 Å². The third kappa shape index (κ3) is 4.85. The second-order valence-corrected chi connectivity index (χ2v) is 7.39. The zero-order valence-electron chi connectivity index (χ0n) is 14.5. The van der Waals surface area contributed by atoms with Gasteiger partial charge in [-0.3, -0.25) is 14.7 Å². The van der Waals surface area contributed by atoms with E-state index in [0.29, 0.717) is 19.3 Å². The zero-order chi connectivity index (χ0) is 17.8. The van der Waals surface area contributed by atoms with Crippen LogP contribution in [0.5, 0.6) is 0 Å². The predicted molar refractivity (Wildman–Crippen MR) is 93.9 cm³/mol. The highest BCUT2D eigenvalue weighted by molar-refractivity contribution is 7.99. The molecule has 2 heterocycles. The van der Waals surface area contributed by atoms with E-state index >= 15 is 0 Å². The van der Waals surface area contributed by atoms with Crippen molar-refractivity contribution in [3.8, 4) is 0 Å². The van der Waals surface area contributed by atoms with Crippen molar-refractivity contribution in [2.24, 2.45) is 0 Å². The molecule has 3 amide bonds. The normalized spacial score (nSPS) is 17.6. The summed E-state index contributed by atoms with van der Waals surface area (Å²) in [5.41, 5.74) is 0. The molecule has 9 nitrogen and oxygen atoms in total. The maximum Gasteiger partial charge on any atom is 0.321 e. The molecule has 1 saturated carbocycles. The summed E-state index contributed by atoms with van der Waals surface area (Å²) in [5, 5.41) is 14.3. The van der Waals surface area contributed by atoms with E-state index in [0.717, 1.165) is 37.0 Å². The maximum atomic E-state index is 11.9. The maximum absolute atomic E-state index is 11.9. The summed E-state index contributed by atoms with van der Waals surface area (Å²) >= 11 is 1.31. The lowest BCUT2D eigenvalue weighted by Gasteiger charge is -2.27. The van der Waals surface area contributed by atoms with E-state index in [4.69, 9.17) is 4.74 Å². The van der Waals surface area contributed by atoms with Crippen LogP contribution in [0.3, 0.4) is 0 Å². The fraction of sp³-hybridized carbons (Fsp3) is 0.733. The Morgan fingerprint density at radius 2 is 2.00 bits per heavy atom. The molecule has 1 aliphatic carbocycles. The number of anilines is 1. The molecule has 1 saturated heterocycles. The van der Waals surface area contributed by atoms with E-state index in [9.17, 15) is 9.59 Å². The Hall–Kier alpha value is -1.81. The number of morpholine rings is 1. The summed E-state index contributed by atoms with van der Waals surface area (Å²) in [6.07, 6.45) is 2.21. The number of ether oxygens (including phenoxy) is 1. The van der Waals surface area contributed by atoms with Crippen molar-refractivity contribution in [1.29, 1.82) is 0 Å². The number of hydrogen-bond donors (Lipinski definition) is 2. The molecular formula is C15H24N6O3S. The molecule has 3 rings (SSSR count). The van der Waals surface area contributed by atoms with Crippen molar-refractivity contribution >= 4 is 29.6 Å². The Morgan fingerprint density at radius 3 is 2.64 bits per heavy atom. The summed E-state index contributed by atoms with van der Waals surface area (Å²) in [4.78, 5) is 25.7. The first-order valence-corrected chi connectivity index (χ1v) is 9.54. The topological polar surface area (TPSA) is 101 Å². The number of aromatic nitrogens is 3. The van der Waals surface area contributed by atoms with E-state index in [1.165, 1.54) is 11.8 Å². The van der Waals surface area contributed by atoms with E-state index in [2.05, 4.69) is 30.3 Å². The van der Waals surface area contributed by atoms with Gasteiger partial charge in [-0.25, -0.2) is 4.79 Å². The van der Waals surface area contributed by atoms with Gasteiger partial charge in [0.1, 0.15) is 0 Å². The van der Waals surface area contributed by atoms with Crippen LogP contribution in [0.4, 0.5) is 10.7 Å². The standard InChI is InChI=1S/C15H24N6O3S/c1-10(2)16-13(23)17-12(22)9-25-15-19-18-14(21(15)11-3-4-11)20-5-7-24-8-6-20/h10-11H,3-9H2,1-2H3,(H2,16,17,22,23). The Kier molecular flexibility index (Phi) is 5.79. The minimum atomic E-state index is -0.474. The molecule has 2 N–H and O–H groups in total. The quantitative estimate of drug-likeness (QED) is 0.715. The van der Waals surface area contributed by atoms with E-state index < -0.39 is 6.03 Å². The monoisotopic (exact) mass is 368 g/mol. The molecule has 25 heavy (non-hydrogen) atoms. The molecule has 0 spiro atoms. The van der Waals surface area contributed by atoms with E-state index in [1.807, 2.05) is 13.8 Å². The summed E-state index contributed by atoms with van der Waals surface area (Å²) < 4.78 is 7.51. The molecule has 1 aromatic rings. The van der Waals surface area contributed by atoms with Gasteiger partial charge in [0.2, 0.25) is 11.9 Å². The predicted octanol–water partition coefficient (Wildman–Crippen LogP) is 0.776. The number of imide groups is 1. The lowest BCUT2D eigenvalue weighted by atomic mass is 10.4. The number of nitrogens with zero attached hydrogens (tertiary/aromatic N) is 4. The van der Waals surface area contributed by atoms with Gasteiger partial charge in [-0.1, -0.05) is 11.8 Å². The average Bonchev–Trinajstić information content (AvgIpc) is 3.32. The second-order valence-electron chi connectivity index (χ2n) is 6.45. The number of rotatable bonds is 6. The number of carbonyl (C=O) groups is 2. The third-order valence-electron chi connectivity index (χ3n) is 3.86. The molecule has 138 valence electrons. The molecule has 0 radical (unpaired) electrons. The molecule has 2 aliphatic rings. The number of urea groups is 1. The molecule has 0 unspecified atom stereocenters. The van der Waals surface area contributed by atoms with E-state index in [1.54, 1.807) is 0 Å². The van der Waals surface area contributed by atoms with Crippen LogP contribution >= 0.6 is 11.8 Å². The number of amides is 3. The lowest BCUT2D eigenvalue weighted by Crippen LogP contribution is -2.43. The van der Waals surface area contributed by atoms with Gasteiger partial charge < -0.3 is 15.0 Å². The summed E-state index contributed by atoms with van der Waals surface area (Å²) in [5.74, 6) is 0.632. The molecule has 1 aromatic heterocycles. The number of thioether (sulfide) groups is 1. The number of carbonyl (C=O) groups excluding carboxylic acids is 2. The molecule has 1 aliphatic heterocycles. The summed E-state index contributed by atoms with van der Waals surface area (Å²) in [6.45, 7) is 6.64. The SMILES string of the molecule is CC(C)NC(=O)NC(=O)CSc1nnc(N2CCOCC2)n1C1CC1. The fourth-order valence-electron chi connectivity index (χ4n) is 2.59. The van der Waals surface area contributed by atoms with Gasteiger partial charge >= 0.3 is 6.03 Å². The van der Waals surface area contributed by atoms with Crippen LogP contribution in [-0.2, 0) is 9.53 Å². The van der Waals surface area contributed by atoms with Gasteiger partial charge in [0.15, 0.2) is 5.16 Å². The van der Waals surface area contributed by atoms with Gasteiger partial charge in [0, 0.05) is 25.2 Å². The third-order valence-corrected chi connectivity index (χ3v) is 4.80. The number of hydrogen-bond acceptors (Lipinski definition) is 7. The van der Waals surface area contributed by atoms with E-state index in [-0.39, 0.29) is 17.7 Å². The Bertz CT molecular complexity index is 625. The highest BCUT2D eigenvalue weighted by atomic mass is 32.2. The van der Waals surface area contributed by atoms with Crippen LogP contribution in [0, 0.1) is 0 Å². The first-order chi connectivity index (χ1) is 12.0. The smallest absolute Gasteiger partial charge is 0.321 e. The lowest BCUT2D eigenvalue weighted by molar-refractivity contribution is -0.117. The molecule has 10 heteroatoms.